The summed E-state index contributed by atoms with van der Waals surface area (Å²) in [6.07, 6.45) is 8.40. The fourth-order valence-corrected chi connectivity index (χ4v) is 2.80. The first-order chi connectivity index (χ1) is 11.1. The average molecular weight is 366 g/mol. The highest BCUT2D eigenvalue weighted by Crippen LogP contribution is 2.36. The summed E-state index contributed by atoms with van der Waals surface area (Å²) >= 11 is 0. The Bertz CT molecular complexity index is 427. The van der Waals surface area contributed by atoms with Crippen molar-refractivity contribution in [2.24, 2.45) is 0 Å². The smallest absolute Gasteiger partial charge is 0.463 e. The van der Waals surface area contributed by atoms with E-state index in [2.05, 4.69) is 25.7 Å². The van der Waals surface area contributed by atoms with E-state index in [0.717, 1.165) is 36.6 Å². The number of phosphoric acid groups is 1. The van der Waals surface area contributed by atoms with Crippen molar-refractivity contribution in [1.82, 2.24) is 0 Å². The van der Waals surface area contributed by atoms with Crippen molar-refractivity contribution in [3.63, 3.8) is 0 Å². The maximum absolute atomic E-state index is 11.2. The lowest BCUT2D eigenvalue weighted by atomic mass is 10.0. The van der Waals surface area contributed by atoms with Crippen LogP contribution < -0.4 is 0 Å². The monoisotopic (exact) mass is 366 g/mol. The Kier molecular flexibility index (Phi) is 11.4. The fourth-order valence-electron chi connectivity index (χ4n) is 2.44. The van der Waals surface area contributed by atoms with Crippen LogP contribution in [0.1, 0.15) is 45.4 Å². The standard InChI is InChI=1S/C16H32NO6P/c1-5-10-16(18)22-13-8-6-7-11-15(17(2,3)4)12-9-14-23-24(19,20)21/h5,10,15H,6-9,11-14H2,1-4H3,(H-,19,20,21)/p+1. The molecule has 0 aliphatic rings. The van der Waals surface area contributed by atoms with Crippen molar-refractivity contribution in [3.8, 4) is 0 Å². The zero-order valence-corrected chi connectivity index (χ0v) is 16.2. The van der Waals surface area contributed by atoms with Crippen molar-refractivity contribution in [1.29, 1.82) is 0 Å². The lowest BCUT2D eigenvalue weighted by Gasteiger charge is -2.34. The van der Waals surface area contributed by atoms with Crippen molar-refractivity contribution < 1.29 is 32.9 Å². The molecule has 0 aromatic rings. The molecule has 0 aromatic carbocycles. The summed E-state index contributed by atoms with van der Waals surface area (Å²) in [5.41, 5.74) is 0. The lowest BCUT2D eigenvalue weighted by molar-refractivity contribution is -0.896. The first-order valence-electron chi connectivity index (χ1n) is 8.37. The normalized spacial score (nSPS) is 14.1. The van der Waals surface area contributed by atoms with E-state index in [1.54, 1.807) is 13.0 Å². The van der Waals surface area contributed by atoms with Crippen LogP contribution in [0.5, 0.6) is 0 Å². The van der Waals surface area contributed by atoms with Gasteiger partial charge in [-0.2, -0.15) is 0 Å². The van der Waals surface area contributed by atoms with E-state index in [0.29, 0.717) is 19.1 Å². The minimum atomic E-state index is -4.36. The molecule has 0 heterocycles. The number of carbonyl (C=O) groups is 1. The Balaban J connectivity index is 3.96. The van der Waals surface area contributed by atoms with Crippen LogP contribution in [0.15, 0.2) is 12.2 Å². The molecule has 0 bridgehead atoms. The molecule has 0 radical (unpaired) electrons. The molecular weight excluding hydrogens is 333 g/mol. The van der Waals surface area contributed by atoms with Gasteiger partial charge in [0.1, 0.15) is 0 Å². The largest absolute Gasteiger partial charge is 0.469 e. The molecule has 1 atom stereocenters. The van der Waals surface area contributed by atoms with E-state index in [1.807, 2.05) is 0 Å². The maximum Gasteiger partial charge on any atom is 0.469 e. The third-order valence-electron chi connectivity index (χ3n) is 3.77. The van der Waals surface area contributed by atoms with Crippen LogP contribution in [0.2, 0.25) is 0 Å². The highest BCUT2D eigenvalue weighted by Gasteiger charge is 2.23. The van der Waals surface area contributed by atoms with Crippen LogP contribution in [0.4, 0.5) is 0 Å². The van der Waals surface area contributed by atoms with Crippen LogP contribution in [0.3, 0.4) is 0 Å². The molecule has 0 aromatic heterocycles. The van der Waals surface area contributed by atoms with Gasteiger partial charge in [-0.3, -0.25) is 4.52 Å². The molecule has 142 valence electrons. The number of hydrogen-bond donors (Lipinski definition) is 2. The third kappa shape index (κ3) is 13.7. The number of nitrogens with zero attached hydrogens (tertiary/aromatic N) is 1. The topological polar surface area (TPSA) is 93.1 Å². The maximum atomic E-state index is 11.2. The van der Waals surface area contributed by atoms with E-state index in [-0.39, 0.29) is 12.6 Å². The second kappa shape index (κ2) is 11.8. The Morgan fingerprint density at radius 2 is 1.71 bits per heavy atom. The zero-order valence-electron chi connectivity index (χ0n) is 15.3. The summed E-state index contributed by atoms with van der Waals surface area (Å²) < 4.78 is 21.0. The van der Waals surface area contributed by atoms with Gasteiger partial charge in [0.15, 0.2) is 0 Å². The zero-order chi connectivity index (χ0) is 18.6. The molecule has 0 saturated carbocycles. The van der Waals surface area contributed by atoms with Gasteiger partial charge in [0, 0.05) is 12.5 Å². The number of unbranched alkanes of at least 4 members (excludes halogenated alkanes) is 2. The van der Waals surface area contributed by atoms with Crippen LogP contribution in [0.25, 0.3) is 0 Å². The Labute approximate surface area is 145 Å². The summed E-state index contributed by atoms with van der Waals surface area (Å²) in [4.78, 5) is 28.5. The Hall–Kier alpha value is -0.720. The number of allylic oxidation sites excluding steroid dienone is 1. The van der Waals surface area contributed by atoms with Crippen LogP contribution in [0, 0.1) is 0 Å². The molecule has 0 fully saturated rings. The molecule has 0 amide bonds. The van der Waals surface area contributed by atoms with Crippen LogP contribution in [-0.2, 0) is 18.6 Å². The summed E-state index contributed by atoms with van der Waals surface area (Å²) in [7, 11) is 1.99. The van der Waals surface area contributed by atoms with Crippen molar-refractivity contribution in [2.75, 3.05) is 34.4 Å². The molecule has 0 aliphatic carbocycles. The first-order valence-corrected chi connectivity index (χ1v) is 9.90. The van der Waals surface area contributed by atoms with Gasteiger partial charge in [-0.25, -0.2) is 9.36 Å². The molecule has 2 N–H and O–H groups in total. The van der Waals surface area contributed by atoms with Gasteiger partial charge < -0.3 is 19.0 Å². The lowest BCUT2D eigenvalue weighted by Crippen LogP contribution is -2.45. The van der Waals surface area contributed by atoms with Crippen LogP contribution >= 0.6 is 7.82 Å². The molecule has 0 saturated heterocycles. The first kappa shape index (κ1) is 23.3. The quantitative estimate of drug-likeness (QED) is 0.171. The van der Waals surface area contributed by atoms with Crippen molar-refractivity contribution in [3.05, 3.63) is 12.2 Å². The molecular formula is C16H33NO6P+. The van der Waals surface area contributed by atoms with Gasteiger partial charge in [0.2, 0.25) is 0 Å². The predicted octanol–water partition coefficient (Wildman–Crippen LogP) is 2.63. The summed E-state index contributed by atoms with van der Waals surface area (Å²) in [6.45, 7) is 2.28. The van der Waals surface area contributed by atoms with Gasteiger partial charge in [0.05, 0.1) is 40.4 Å². The van der Waals surface area contributed by atoms with Crippen molar-refractivity contribution >= 4 is 13.8 Å². The number of phosphoric ester groups is 1. The van der Waals surface area contributed by atoms with Crippen molar-refractivity contribution in [2.45, 2.75) is 51.5 Å². The number of carbonyl (C=O) groups excluding carboxylic acids is 1. The van der Waals surface area contributed by atoms with E-state index >= 15 is 0 Å². The predicted molar refractivity (Wildman–Crippen MR) is 93.3 cm³/mol. The Morgan fingerprint density at radius 3 is 2.25 bits per heavy atom. The summed E-state index contributed by atoms with van der Waals surface area (Å²) in [6, 6.07) is 0.399. The minimum Gasteiger partial charge on any atom is -0.463 e. The second-order valence-corrected chi connectivity index (χ2v) is 7.99. The van der Waals surface area contributed by atoms with Crippen LogP contribution in [-0.4, -0.2) is 60.6 Å². The highest BCUT2D eigenvalue weighted by molar-refractivity contribution is 7.46. The van der Waals surface area contributed by atoms with Gasteiger partial charge in [-0.05, 0) is 39.0 Å². The molecule has 8 heteroatoms. The molecule has 0 rings (SSSR count). The molecule has 24 heavy (non-hydrogen) atoms. The number of rotatable bonds is 13. The molecule has 7 nitrogen and oxygen atoms in total. The van der Waals surface area contributed by atoms with E-state index in [1.165, 1.54) is 6.08 Å². The SMILES string of the molecule is CC=CC(=O)OCCCCCC(CCCOP(=O)(O)O)[N+](C)(C)C. The van der Waals surface area contributed by atoms with E-state index in [9.17, 15) is 9.36 Å². The number of esters is 1. The number of ether oxygens (including phenoxy) is 1. The Morgan fingerprint density at radius 1 is 1.08 bits per heavy atom. The number of hydrogen-bond acceptors (Lipinski definition) is 4. The summed E-state index contributed by atoms with van der Waals surface area (Å²) in [5.74, 6) is -0.299. The average Bonchev–Trinajstić information content (AvgIpc) is 2.42. The summed E-state index contributed by atoms with van der Waals surface area (Å²) in [5, 5.41) is 0. The van der Waals surface area contributed by atoms with Gasteiger partial charge in [-0.1, -0.05) is 6.08 Å². The molecule has 1 unspecified atom stereocenters. The second-order valence-electron chi connectivity index (χ2n) is 6.75. The van der Waals surface area contributed by atoms with E-state index < -0.39 is 7.82 Å². The minimum absolute atomic E-state index is 0.0711. The van der Waals surface area contributed by atoms with E-state index in [4.69, 9.17) is 14.5 Å². The third-order valence-corrected chi connectivity index (χ3v) is 4.28. The highest BCUT2D eigenvalue weighted by atomic mass is 31.2. The van der Waals surface area contributed by atoms with Gasteiger partial charge >= 0.3 is 13.8 Å². The molecule has 0 aliphatic heterocycles. The van der Waals surface area contributed by atoms with Gasteiger partial charge in [0.25, 0.3) is 0 Å². The van der Waals surface area contributed by atoms with Gasteiger partial charge in [-0.15, -0.1) is 0 Å². The number of quaternary nitrogens is 1. The fraction of sp³-hybridized carbons (Fsp3) is 0.812. The molecule has 0 spiro atoms.